The average Bonchev–Trinajstić information content (AvgIpc) is 2.77. The normalized spacial score (nSPS) is 21.3. The van der Waals surface area contributed by atoms with E-state index in [-0.39, 0.29) is 5.60 Å². The molecule has 0 fully saturated rings. The van der Waals surface area contributed by atoms with Crippen LogP contribution in [0.3, 0.4) is 0 Å². The molecule has 3 rings (SSSR count). The number of quaternary nitrogens is 1. The van der Waals surface area contributed by atoms with Crippen LogP contribution < -0.4 is 0 Å². The zero-order valence-electron chi connectivity index (χ0n) is 13.4. The van der Waals surface area contributed by atoms with E-state index >= 15 is 0 Å². The summed E-state index contributed by atoms with van der Waals surface area (Å²) in [4.78, 5) is 0. The molecule has 0 saturated carbocycles. The van der Waals surface area contributed by atoms with Crippen LogP contribution in [0, 0.1) is 0 Å². The van der Waals surface area contributed by atoms with Crippen molar-refractivity contribution in [3.63, 3.8) is 0 Å². The van der Waals surface area contributed by atoms with Gasteiger partial charge in [-0.15, -0.1) is 0 Å². The van der Waals surface area contributed by atoms with Gasteiger partial charge in [-0.2, -0.15) is 0 Å². The molecule has 0 bridgehead atoms. The summed E-state index contributed by atoms with van der Waals surface area (Å²) < 4.78 is 7.07. The van der Waals surface area contributed by atoms with Crippen molar-refractivity contribution >= 4 is 0 Å². The lowest BCUT2D eigenvalue weighted by Crippen LogP contribution is -2.33. The molecule has 0 spiro atoms. The molecular formula is C19H24NO+. The molecule has 0 saturated heterocycles. The summed E-state index contributed by atoms with van der Waals surface area (Å²) in [6, 6.07) is 17.4. The van der Waals surface area contributed by atoms with Crippen molar-refractivity contribution in [1.29, 1.82) is 0 Å². The molecule has 0 aromatic heterocycles. The van der Waals surface area contributed by atoms with E-state index < -0.39 is 0 Å². The van der Waals surface area contributed by atoms with Gasteiger partial charge in [-0.05, 0) is 23.6 Å². The summed E-state index contributed by atoms with van der Waals surface area (Å²) >= 11 is 0. The van der Waals surface area contributed by atoms with Gasteiger partial charge in [0.15, 0.2) is 0 Å². The molecule has 0 N–H and O–H groups in total. The van der Waals surface area contributed by atoms with E-state index in [1.165, 1.54) is 22.3 Å². The van der Waals surface area contributed by atoms with Crippen molar-refractivity contribution in [2.45, 2.75) is 25.7 Å². The van der Waals surface area contributed by atoms with Crippen LogP contribution in [0.1, 0.15) is 29.2 Å². The molecule has 2 aromatic rings. The molecular weight excluding hydrogens is 258 g/mol. The zero-order chi connectivity index (χ0) is 15.1. The predicted octanol–water partition coefficient (Wildman–Crippen LogP) is 3.69. The smallest absolute Gasteiger partial charge is 0.116 e. The van der Waals surface area contributed by atoms with Gasteiger partial charge in [0.05, 0.1) is 27.7 Å². The second kappa shape index (κ2) is 4.97. The summed E-state index contributed by atoms with van der Waals surface area (Å²) in [5.41, 5.74) is 4.88. The molecule has 1 atom stereocenters. The fourth-order valence-corrected chi connectivity index (χ4v) is 3.13. The Balaban J connectivity index is 1.91. The first-order chi connectivity index (χ1) is 9.88. The topological polar surface area (TPSA) is 9.23 Å². The monoisotopic (exact) mass is 282 g/mol. The van der Waals surface area contributed by atoms with E-state index in [1.54, 1.807) is 0 Å². The minimum atomic E-state index is -0.314. The third-order valence-corrected chi connectivity index (χ3v) is 4.21. The van der Waals surface area contributed by atoms with Gasteiger partial charge in [0.2, 0.25) is 0 Å². The molecule has 0 aliphatic carbocycles. The van der Waals surface area contributed by atoms with Crippen molar-refractivity contribution in [3.8, 4) is 0 Å². The zero-order valence-corrected chi connectivity index (χ0v) is 13.4. The summed E-state index contributed by atoms with van der Waals surface area (Å²) in [5, 5.41) is 0. The highest BCUT2D eigenvalue weighted by molar-refractivity contribution is 5.43. The largest absolute Gasteiger partial charge is 0.361 e. The molecule has 0 amide bonds. The highest BCUT2D eigenvalue weighted by Crippen LogP contribution is 2.41. The fourth-order valence-electron chi connectivity index (χ4n) is 3.13. The van der Waals surface area contributed by atoms with Crippen LogP contribution in [0.25, 0.3) is 0 Å². The Bertz CT molecular complexity index is 639. The second-order valence-corrected chi connectivity index (χ2v) is 7.12. The molecule has 1 aliphatic rings. The Morgan fingerprint density at radius 2 is 1.67 bits per heavy atom. The predicted molar refractivity (Wildman–Crippen MR) is 85.9 cm³/mol. The highest BCUT2D eigenvalue weighted by Gasteiger charge is 2.36. The molecule has 1 heterocycles. The van der Waals surface area contributed by atoms with E-state index in [2.05, 4.69) is 76.6 Å². The van der Waals surface area contributed by atoms with E-state index in [0.29, 0.717) is 6.61 Å². The quantitative estimate of drug-likeness (QED) is 0.780. The summed E-state index contributed by atoms with van der Waals surface area (Å²) in [7, 11) is 6.64. The standard InChI is InChI=1S/C19H24NO/c1-19(18-8-6-5-7-16(18)14-21-19)17-11-9-15(10-12-17)13-20(2,3)4/h5-12H,13-14H2,1-4H3/q+1/t19-/m1/s1. The van der Waals surface area contributed by atoms with Crippen LogP contribution >= 0.6 is 0 Å². The fraction of sp³-hybridized carbons (Fsp3) is 0.368. The Kier molecular flexibility index (Phi) is 3.39. The van der Waals surface area contributed by atoms with Crippen molar-refractivity contribution in [1.82, 2.24) is 0 Å². The number of ether oxygens (including phenoxy) is 1. The first-order valence-corrected chi connectivity index (χ1v) is 7.51. The molecule has 0 unspecified atom stereocenters. The number of hydrogen-bond donors (Lipinski definition) is 0. The molecule has 0 radical (unpaired) electrons. The van der Waals surface area contributed by atoms with Gasteiger partial charge in [0.25, 0.3) is 0 Å². The van der Waals surface area contributed by atoms with Gasteiger partial charge < -0.3 is 9.22 Å². The third kappa shape index (κ3) is 2.74. The van der Waals surface area contributed by atoms with E-state index in [9.17, 15) is 0 Å². The Labute approximate surface area is 127 Å². The summed E-state index contributed by atoms with van der Waals surface area (Å²) in [5.74, 6) is 0. The Hall–Kier alpha value is -1.64. The number of nitrogens with zero attached hydrogens (tertiary/aromatic N) is 1. The van der Waals surface area contributed by atoms with Gasteiger partial charge in [-0.3, -0.25) is 0 Å². The third-order valence-electron chi connectivity index (χ3n) is 4.21. The van der Waals surface area contributed by atoms with Gasteiger partial charge in [-0.1, -0.05) is 48.5 Å². The minimum absolute atomic E-state index is 0.314. The molecule has 2 nitrogen and oxygen atoms in total. The average molecular weight is 282 g/mol. The maximum absolute atomic E-state index is 6.13. The maximum Gasteiger partial charge on any atom is 0.116 e. The molecule has 2 heteroatoms. The number of fused-ring (bicyclic) bond motifs is 1. The van der Waals surface area contributed by atoms with Crippen LogP contribution in [-0.4, -0.2) is 25.6 Å². The lowest BCUT2D eigenvalue weighted by atomic mass is 9.87. The molecule has 21 heavy (non-hydrogen) atoms. The molecule has 2 aromatic carbocycles. The van der Waals surface area contributed by atoms with E-state index in [1.807, 2.05) is 0 Å². The van der Waals surface area contributed by atoms with E-state index in [4.69, 9.17) is 4.74 Å². The van der Waals surface area contributed by atoms with Crippen LogP contribution in [0.5, 0.6) is 0 Å². The van der Waals surface area contributed by atoms with Crippen molar-refractivity contribution in [3.05, 3.63) is 70.8 Å². The van der Waals surface area contributed by atoms with E-state index in [0.717, 1.165) is 11.0 Å². The van der Waals surface area contributed by atoms with Crippen LogP contribution in [-0.2, 0) is 23.5 Å². The Morgan fingerprint density at radius 1 is 1.00 bits per heavy atom. The van der Waals surface area contributed by atoms with Crippen LogP contribution in [0.2, 0.25) is 0 Å². The van der Waals surface area contributed by atoms with Gasteiger partial charge in [-0.25, -0.2) is 0 Å². The lowest BCUT2D eigenvalue weighted by molar-refractivity contribution is -0.884. The van der Waals surface area contributed by atoms with Crippen molar-refractivity contribution < 1.29 is 9.22 Å². The van der Waals surface area contributed by atoms with Crippen molar-refractivity contribution in [2.75, 3.05) is 21.1 Å². The molecule has 1 aliphatic heterocycles. The first kappa shape index (κ1) is 14.3. The Morgan fingerprint density at radius 3 is 2.33 bits per heavy atom. The minimum Gasteiger partial charge on any atom is -0.361 e. The van der Waals surface area contributed by atoms with Gasteiger partial charge >= 0.3 is 0 Å². The number of rotatable bonds is 3. The number of benzene rings is 2. The van der Waals surface area contributed by atoms with Crippen LogP contribution in [0.4, 0.5) is 0 Å². The number of hydrogen-bond acceptors (Lipinski definition) is 1. The summed E-state index contributed by atoms with van der Waals surface area (Å²) in [6.07, 6.45) is 0. The molecule has 110 valence electrons. The summed E-state index contributed by atoms with van der Waals surface area (Å²) in [6.45, 7) is 3.91. The van der Waals surface area contributed by atoms with Gasteiger partial charge in [0, 0.05) is 5.56 Å². The first-order valence-electron chi connectivity index (χ1n) is 7.51. The van der Waals surface area contributed by atoms with Crippen molar-refractivity contribution in [2.24, 2.45) is 0 Å². The lowest BCUT2D eigenvalue weighted by Gasteiger charge is -2.27. The highest BCUT2D eigenvalue weighted by atomic mass is 16.5. The maximum atomic E-state index is 6.13. The van der Waals surface area contributed by atoms with Crippen LogP contribution in [0.15, 0.2) is 48.5 Å². The second-order valence-electron chi connectivity index (χ2n) is 7.12. The van der Waals surface area contributed by atoms with Gasteiger partial charge in [0.1, 0.15) is 12.1 Å². The SMILES string of the molecule is C[C@]1(c2ccc(C[N+](C)(C)C)cc2)OCc2ccccc21.